The van der Waals surface area contributed by atoms with Crippen LogP contribution >= 0.6 is 23.5 Å². The lowest BCUT2D eigenvalue weighted by atomic mass is 9.88. The molecule has 2 spiro atoms. The van der Waals surface area contributed by atoms with E-state index < -0.39 is 25.0 Å². The molecule has 27 heteroatoms. The van der Waals surface area contributed by atoms with Crippen molar-refractivity contribution in [3.05, 3.63) is 281 Å². The Morgan fingerprint density at radius 2 is 0.778 bits per heavy atom. The third-order valence-electron chi connectivity index (χ3n) is 21.3. The fourth-order valence-electron chi connectivity index (χ4n) is 15.0. The minimum atomic E-state index is -4.67. The summed E-state index contributed by atoms with van der Waals surface area (Å²) in [6, 6.07) is 70.7. The Hall–Kier alpha value is -10.7. The normalized spacial score (nSPS) is 17.4. The first-order chi connectivity index (χ1) is 56.2. The molecule has 0 aliphatic carbocycles. The molecule has 0 radical (unpaired) electrons. The van der Waals surface area contributed by atoms with Crippen LogP contribution in [0.5, 0.6) is 0 Å². The number of rotatable bonds is 12. The van der Waals surface area contributed by atoms with E-state index in [1.54, 1.807) is 89.2 Å². The van der Waals surface area contributed by atoms with Gasteiger partial charge in [-0.1, -0.05) is 151 Å². The van der Waals surface area contributed by atoms with E-state index in [0.717, 1.165) is 78.1 Å². The fourth-order valence-corrected chi connectivity index (χ4v) is 20.1. The van der Waals surface area contributed by atoms with E-state index in [-0.39, 0.29) is 92.5 Å². The number of carbonyl (C=O) groups is 10. The van der Waals surface area contributed by atoms with Gasteiger partial charge in [-0.05, 0) is 150 Å². The summed E-state index contributed by atoms with van der Waals surface area (Å²) in [5.41, 5.74) is 5.67. The summed E-state index contributed by atoms with van der Waals surface area (Å²) in [5, 5.41) is 0. The third-order valence-corrected chi connectivity index (χ3v) is 27.0. The molecule has 5 saturated heterocycles. The largest absolute Gasteiger partial charge is 0.466 e. The summed E-state index contributed by atoms with van der Waals surface area (Å²) >= 11 is 3.57. The van der Waals surface area contributed by atoms with Crippen LogP contribution in [0, 0.1) is 0 Å². The van der Waals surface area contributed by atoms with E-state index in [4.69, 9.17) is 27.0 Å². The number of amides is 5. The number of Topliss-reactive ketones (excluding diaryl/α,β-unsaturated/α-hetero) is 3. The number of fused-ring (bicyclic) bond motifs is 2. The van der Waals surface area contributed by atoms with Gasteiger partial charge < -0.3 is 34.0 Å². The van der Waals surface area contributed by atoms with Crippen molar-refractivity contribution in [2.75, 3.05) is 78.7 Å². The van der Waals surface area contributed by atoms with Crippen molar-refractivity contribution in [2.45, 2.75) is 126 Å². The summed E-state index contributed by atoms with van der Waals surface area (Å²) in [4.78, 5) is 133. The first-order valence-corrected chi connectivity index (χ1v) is 43.6. The molecule has 0 atom stereocenters. The summed E-state index contributed by atoms with van der Waals surface area (Å²) in [6.45, 7) is 10.2. The SMILES string of the molecule is CCOC(=O)C=C1CCN(C(=O)c2ccccc2)CC1.CCOC(=O)CC1(Sc2ccccc2)CCN(C(=O)c2ccccc2)CC1.O=C1CC2(CCN(C(=O)c3ccccc3)CC2)S(=O)(=O)c2ccccc21.O=C1CC2(CCN(C(=O)c3ccccc3)CC2)Sc2ccccc21.O=C1CCN(C(=O)c2ccccc2)CC1.O=S(=O)(O)O. The van der Waals surface area contributed by atoms with Gasteiger partial charge in [-0.25, -0.2) is 13.2 Å². The van der Waals surface area contributed by atoms with Crippen LogP contribution in [0.15, 0.2) is 257 Å². The van der Waals surface area contributed by atoms with Gasteiger partial charge in [0.1, 0.15) is 5.78 Å². The van der Waals surface area contributed by atoms with Gasteiger partial charge in [0, 0.05) is 155 Å². The van der Waals surface area contributed by atoms with Gasteiger partial charge in [-0.3, -0.25) is 52.3 Å². The first kappa shape index (κ1) is 88.7. The number of piperidine rings is 5. The number of esters is 2. The highest BCUT2D eigenvalue weighted by Gasteiger charge is 2.53. The molecule has 2 N–H and O–H groups in total. The van der Waals surface area contributed by atoms with Gasteiger partial charge in [0.15, 0.2) is 21.4 Å². The van der Waals surface area contributed by atoms with Gasteiger partial charge in [0.25, 0.3) is 29.5 Å². The van der Waals surface area contributed by atoms with Crippen molar-refractivity contribution in [1.82, 2.24) is 24.5 Å². The van der Waals surface area contributed by atoms with Gasteiger partial charge in [-0.15, -0.1) is 23.5 Å². The van der Waals surface area contributed by atoms with Gasteiger partial charge in [-0.2, -0.15) is 8.42 Å². The Morgan fingerprint density at radius 3 is 1.20 bits per heavy atom. The van der Waals surface area contributed by atoms with Crippen molar-refractivity contribution in [3.8, 4) is 0 Å². The molecular formula is C90H97N5O18S4. The zero-order valence-electron chi connectivity index (χ0n) is 65.5. The van der Waals surface area contributed by atoms with Crippen molar-refractivity contribution in [2.24, 2.45) is 0 Å². The van der Waals surface area contributed by atoms with Crippen molar-refractivity contribution >= 4 is 103 Å². The number of sulfone groups is 1. The average molecular weight is 1670 g/mol. The lowest BCUT2D eigenvalue weighted by Gasteiger charge is -2.43. The highest BCUT2D eigenvalue weighted by molar-refractivity contribution is 8.01. The van der Waals surface area contributed by atoms with Crippen LogP contribution in [0.25, 0.3) is 0 Å². The molecule has 7 heterocycles. The second-order valence-electron chi connectivity index (χ2n) is 29.1. The molecule has 23 nitrogen and oxygen atoms in total. The Kier molecular flexibility index (Phi) is 31.8. The topological polar surface area (TPSA) is 314 Å². The molecular weight excluding hydrogens is 1570 g/mol. The van der Waals surface area contributed by atoms with Crippen molar-refractivity contribution in [3.63, 3.8) is 0 Å². The van der Waals surface area contributed by atoms with Gasteiger partial charge in [0.2, 0.25) is 0 Å². The van der Waals surface area contributed by atoms with Crippen LogP contribution in [0.3, 0.4) is 0 Å². The molecule has 7 aliphatic rings. The highest BCUT2D eigenvalue weighted by Crippen LogP contribution is 2.50. The van der Waals surface area contributed by atoms with Crippen LogP contribution in [0.1, 0.15) is 170 Å². The molecule has 0 saturated carbocycles. The molecule has 0 bridgehead atoms. The molecule has 0 unspecified atom stereocenters. The number of ether oxygens (including phenoxy) is 2. The standard InChI is InChI=1S/C22H25NO3S.C20H19NO4S.C20H19NO2S.C16H19NO3.C12H13NO2.H2O4S/c1-2-26-20(24)17-22(27-19-11-7-4-8-12-19)13-15-23(16-14-22)21(25)18-9-5-3-6-10-18;22-17-14-20(26(24,25)18-9-5-4-8-16(17)18)10-12-21(13-11-20)19(23)15-6-2-1-3-7-15;22-17-14-20(24-18-9-5-4-8-16(17)18)10-12-21(13-11-20)19(23)15-6-2-1-3-7-15;1-2-20-15(18)12-13-8-10-17(11-9-13)16(19)14-6-4-3-5-7-14;14-11-6-8-13(9-7-11)12(15)10-4-2-1-3-5-10;1-5(2,3)4/h3-12H,2,13-17H2,1H3;1-9H,10-14H2;1-9H,10-14H2;3-7,12H,2,8-11H2,1H3;1-5H,6-9H2;(H2,1,2,3,4). The number of nitrogens with zero attached hydrogens (tertiary/aromatic N) is 5. The second kappa shape index (κ2) is 41.9. The van der Waals surface area contributed by atoms with E-state index in [0.29, 0.717) is 119 Å². The molecule has 8 aromatic rings. The monoisotopic (exact) mass is 1660 g/mol. The smallest absolute Gasteiger partial charge is 0.394 e. The summed E-state index contributed by atoms with van der Waals surface area (Å²) in [6.07, 6.45) is 8.83. The lowest BCUT2D eigenvalue weighted by molar-refractivity contribution is -0.144. The van der Waals surface area contributed by atoms with E-state index in [9.17, 15) is 56.4 Å². The minimum absolute atomic E-state index is 0.000284. The Labute approximate surface area is 692 Å². The van der Waals surface area contributed by atoms with E-state index in [1.807, 2.05) is 191 Å². The number of ketones is 3. The minimum Gasteiger partial charge on any atom is -0.466 e. The number of thioether (sulfide) groups is 2. The summed E-state index contributed by atoms with van der Waals surface area (Å²) in [5.74, 6) is 0.0685. The summed E-state index contributed by atoms with van der Waals surface area (Å²) in [7, 11) is -8.28. The molecule has 7 aliphatic heterocycles. The first-order valence-electron chi connectivity index (χ1n) is 39.1. The second-order valence-corrected chi connectivity index (χ2v) is 35.3. The maximum atomic E-state index is 13.2. The van der Waals surface area contributed by atoms with E-state index in [2.05, 4.69) is 12.1 Å². The number of benzene rings is 8. The quantitative estimate of drug-likeness (QED) is 0.0652. The molecule has 5 fully saturated rings. The third kappa shape index (κ3) is 24.7. The number of hydrogen-bond acceptors (Lipinski definition) is 18. The number of likely N-dealkylation sites (tertiary alicyclic amines) is 5. The molecule has 15 rings (SSSR count). The van der Waals surface area contributed by atoms with Crippen molar-refractivity contribution in [1.29, 1.82) is 0 Å². The van der Waals surface area contributed by atoms with Crippen LogP contribution in [-0.4, -0.2) is 202 Å². The predicted octanol–water partition coefficient (Wildman–Crippen LogP) is 14.4. The van der Waals surface area contributed by atoms with Crippen molar-refractivity contribution < 1.29 is 83.4 Å². The number of hydrogen-bond donors (Lipinski definition) is 2. The Morgan fingerprint density at radius 1 is 0.436 bits per heavy atom. The summed E-state index contributed by atoms with van der Waals surface area (Å²) < 4.78 is 66.8. The lowest BCUT2D eigenvalue weighted by Crippen LogP contribution is -2.53. The zero-order chi connectivity index (χ0) is 83.6. The fraction of sp³-hybridized carbons (Fsp3) is 0.333. The van der Waals surface area contributed by atoms with Crippen LogP contribution in [0.2, 0.25) is 0 Å². The molecule has 5 amide bonds. The van der Waals surface area contributed by atoms with Crippen LogP contribution < -0.4 is 0 Å². The van der Waals surface area contributed by atoms with Gasteiger partial charge >= 0.3 is 22.3 Å². The molecule has 117 heavy (non-hydrogen) atoms. The zero-order valence-corrected chi connectivity index (χ0v) is 68.8. The molecule has 0 aromatic heterocycles. The van der Waals surface area contributed by atoms with E-state index >= 15 is 0 Å². The predicted molar refractivity (Wildman–Crippen MR) is 447 cm³/mol. The highest BCUT2D eigenvalue weighted by atomic mass is 32.3. The molecule has 614 valence electrons. The maximum absolute atomic E-state index is 13.2. The Bertz CT molecular complexity index is 5010. The van der Waals surface area contributed by atoms with Crippen LogP contribution in [-0.2, 0) is 44.1 Å². The average Bonchev–Trinajstić information content (AvgIpc) is 0.724. The van der Waals surface area contributed by atoms with Gasteiger partial charge in [0.05, 0.1) is 29.3 Å². The Balaban J connectivity index is 0.000000154. The maximum Gasteiger partial charge on any atom is 0.394 e. The molecule has 8 aromatic carbocycles. The number of carbonyl (C=O) groups excluding carboxylic acids is 10. The van der Waals surface area contributed by atoms with Crippen LogP contribution in [0.4, 0.5) is 0 Å². The van der Waals surface area contributed by atoms with E-state index in [1.165, 1.54) is 6.07 Å².